The number of hydrogen-bond donors (Lipinski definition) is 1. The molecule has 2 saturated heterocycles. The van der Waals surface area contributed by atoms with Gasteiger partial charge in [-0.15, -0.1) is 0 Å². The SMILES string of the molecule is CC(=O)Nc1ccc(CN2CCC(CCc3ccccc3)(C3CCCCO3)C2)cc1. The van der Waals surface area contributed by atoms with Crippen molar-refractivity contribution in [3.05, 3.63) is 65.7 Å². The summed E-state index contributed by atoms with van der Waals surface area (Å²) in [5.41, 5.74) is 3.85. The molecule has 2 fully saturated rings. The maximum absolute atomic E-state index is 11.2. The van der Waals surface area contributed by atoms with Crippen LogP contribution in [0.5, 0.6) is 0 Å². The van der Waals surface area contributed by atoms with Gasteiger partial charge >= 0.3 is 0 Å². The Balaban J connectivity index is 1.42. The lowest BCUT2D eigenvalue weighted by Crippen LogP contribution is -2.42. The van der Waals surface area contributed by atoms with Crippen LogP contribution < -0.4 is 5.32 Å². The molecule has 0 aliphatic carbocycles. The second-order valence-electron chi connectivity index (χ2n) is 9.04. The number of anilines is 1. The molecule has 1 N–H and O–H groups in total. The Morgan fingerprint density at radius 3 is 2.60 bits per heavy atom. The quantitative estimate of drug-likeness (QED) is 0.700. The van der Waals surface area contributed by atoms with Gasteiger partial charge in [-0.25, -0.2) is 0 Å². The number of amides is 1. The first-order valence-corrected chi connectivity index (χ1v) is 11.4. The van der Waals surface area contributed by atoms with Gasteiger partial charge in [-0.2, -0.15) is 0 Å². The van der Waals surface area contributed by atoms with Gasteiger partial charge in [0.1, 0.15) is 0 Å². The number of rotatable bonds is 7. The molecule has 2 unspecified atom stereocenters. The van der Waals surface area contributed by atoms with Gasteiger partial charge in [0.25, 0.3) is 0 Å². The summed E-state index contributed by atoms with van der Waals surface area (Å²) in [5, 5.41) is 2.84. The van der Waals surface area contributed by atoms with Gasteiger partial charge in [0.05, 0.1) is 6.10 Å². The topological polar surface area (TPSA) is 41.6 Å². The minimum Gasteiger partial charge on any atom is -0.378 e. The number of benzene rings is 2. The van der Waals surface area contributed by atoms with Crippen molar-refractivity contribution in [3.63, 3.8) is 0 Å². The Kier molecular flexibility index (Phi) is 6.86. The van der Waals surface area contributed by atoms with E-state index in [0.29, 0.717) is 6.10 Å². The summed E-state index contributed by atoms with van der Waals surface area (Å²) < 4.78 is 6.34. The van der Waals surface area contributed by atoms with E-state index in [1.165, 1.54) is 43.2 Å². The molecule has 4 heteroatoms. The molecule has 2 aliphatic rings. The number of carbonyl (C=O) groups excluding carboxylic acids is 1. The summed E-state index contributed by atoms with van der Waals surface area (Å²) in [6.07, 6.45) is 7.63. The van der Waals surface area contributed by atoms with Crippen LogP contribution in [0.3, 0.4) is 0 Å². The molecular weight excluding hydrogens is 372 g/mol. The first-order chi connectivity index (χ1) is 14.6. The van der Waals surface area contributed by atoms with Crippen LogP contribution in [0.2, 0.25) is 0 Å². The summed E-state index contributed by atoms with van der Waals surface area (Å²) in [7, 11) is 0. The van der Waals surface area contributed by atoms with E-state index < -0.39 is 0 Å². The molecule has 0 saturated carbocycles. The van der Waals surface area contributed by atoms with Gasteiger partial charge in [-0.05, 0) is 68.3 Å². The van der Waals surface area contributed by atoms with Gasteiger partial charge in [0, 0.05) is 37.7 Å². The number of aryl methyl sites for hydroxylation is 1. The fourth-order valence-electron chi connectivity index (χ4n) is 5.16. The Morgan fingerprint density at radius 2 is 1.90 bits per heavy atom. The maximum atomic E-state index is 11.2. The molecule has 2 aliphatic heterocycles. The lowest BCUT2D eigenvalue weighted by atomic mass is 9.74. The van der Waals surface area contributed by atoms with E-state index in [2.05, 4.69) is 52.7 Å². The van der Waals surface area contributed by atoms with E-state index in [9.17, 15) is 4.79 Å². The van der Waals surface area contributed by atoms with Gasteiger partial charge < -0.3 is 10.1 Å². The van der Waals surface area contributed by atoms with Crippen LogP contribution in [0.1, 0.15) is 50.2 Å². The molecule has 0 bridgehead atoms. The number of nitrogens with one attached hydrogen (secondary N) is 1. The number of carbonyl (C=O) groups is 1. The standard InChI is InChI=1S/C26H34N2O2/c1-21(29)27-24-12-10-23(11-13-24)19-28-17-16-26(20-28,25-9-5-6-18-30-25)15-14-22-7-3-2-4-8-22/h2-4,7-8,10-13,25H,5-6,9,14-20H2,1H3,(H,27,29). The van der Waals surface area contributed by atoms with Crippen LogP contribution in [-0.2, 0) is 22.5 Å². The highest BCUT2D eigenvalue weighted by Gasteiger charge is 2.45. The lowest BCUT2D eigenvalue weighted by molar-refractivity contribution is -0.114. The van der Waals surface area contributed by atoms with E-state index >= 15 is 0 Å². The van der Waals surface area contributed by atoms with Crippen molar-refractivity contribution < 1.29 is 9.53 Å². The van der Waals surface area contributed by atoms with Crippen molar-refractivity contribution in [2.24, 2.45) is 5.41 Å². The number of nitrogens with zero attached hydrogens (tertiary/aromatic N) is 1. The van der Waals surface area contributed by atoms with E-state index in [1.54, 1.807) is 6.92 Å². The zero-order chi connectivity index (χ0) is 20.8. The summed E-state index contributed by atoms with van der Waals surface area (Å²) in [4.78, 5) is 13.8. The summed E-state index contributed by atoms with van der Waals surface area (Å²) in [6.45, 7) is 5.66. The van der Waals surface area contributed by atoms with Crippen LogP contribution in [-0.4, -0.2) is 36.6 Å². The van der Waals surface area contributed by atoms with Crippen molar-refractivity contribution in [2.75, 3.05) is 25.0 Å². The zero-order valence-corrected chi connectivity index (χ0v) is 18.1. The molecule has 160 valence electrons. The largest absolute Gasteiger partial charge is 0.378 e. The molecule has 2 aromatic rings. The first kappa shape index (κ1) is 21.1. The van der Waals surface area contributed by atoms with E-state index in [4.69, 9.17) is 4.74 Å². The summed E-state index contributed by atoms with van der Waals surface area (Å²) in [6, 6.07) is 19.1. The fraction of sp³-hybridized carbons (Fsp3) is 0.500. The molecule has 4 nitrogen and oxygen atoms in total. The third-order valence-corrected chi connectivity index (χ3v) is 6.76. The van der Waals surface area contributed by atoms with Crippen LogP contribution in [0.25, 0.3) is 0 Å². The van der Waals surface area contributed by atoms with Crippen LogP contribution >= 0.6 is 0 Å². The molecule has 2 heterocycles. The molecule has 4 rings (SSSR count). The Labute approximate surface area is 180 Å². The van der Waals surface area contributed by atoms with Crippen molar-refractivity contribution >= 4 is 11.6 Å². The highest BCUT2D eigenvalue weighted by Crippen LogP contribution is 2.43. The Hall–Kier alpha value is -2.17. The molecule has 0 radical (unpaired) electrons. The zero-order valence-electron chi connectivity index (χ0n) is 18.1. The molecule has 0 spiro atoms. The molecule has 30 heavy (non-hydrogen) atoms. The van der Waals surface area contributed by atoms with Crippen LogP contribution in [0.4, 0.5) is 5.69 Å². The molecular formula is C26H34N2O2. The summed E-state index contributed by atoms with van der Waals surface area (Å²) >= 11 is 0. The number of hydrogen-bond acceptors (Lipinski definition) is 3. The molecule has 0 aromatic heterocycles. The van der Waals surface area contributed by atoms with E-state index in [0.717, 1.165) is 38.3 Å². The van der Waals surface area contributed by atoms with Crippen molar-refractivity contribution in [1.82, 2.24) is 4.90 Å². The Bertz CT molecular complexity index is 815. The fourth-order valence-corrected chi connectivity index (χ4v) is 5.16. The molecule has 1 amide bonds. The molecule has 2 atom stereocenters. The van der Waals surface area contributed by atoms with E-state index in [1.807, 2.05) is 12.1 Å². The van der Waals surface area contributed by atoms with Crippen molar-refractivity contribution in [2.45, 2.75) is 58.1 Å². The van der Waals surface area contributed by atoms with Gasteiger partial charge in [-0.3, -0.25) is 9.69 Å². The van der Waals surface area contributed by atoms with Gasteiger partial charge in [-0.1, -0.05) is 42.5 Å². The predicted molar refractivity (Wildman–Crippen MR) is 121 cm³/mol. The number of likely N-dealkylation sites (tertiary alicyclic amines) is 1. The van der Waals surface area contributed by atoms with Gasteiger partial charge in [0.15, 0.2) is 0 Å². The maximum Gasteiger partial charge on any atom is 0.221 e. The van der Waals surface area contributed by atoms with Crippen molar-refractivity contribution in [3.8, 4) is 0 Å². The third kappa shape index (κ3) is 5.30. The average molecular weight is 407 g/mol. The highest BCUT2D eigenvalue weighted by atomic mass is 16.5. The van der Waals surface area contributed by atoms with Crippen LogP contribution in [0, 0.1) is 5.41 Å². The average Bonchev–Trinajstić information content (AvgIpc) is 3.19. The predicted octanol–water partition coefficient (Wildman–Crippen LogP) is 5.04. The minimum absolute atomic E-state index is 0.0297. The molecule has 2 aromatic carbocycles. The van der Waals surface area contributed by atoms with Crippen molar-refractivity contribution in [1.29, 1.82) is 0 Å². The highest BCUT2D eigenvalue weighted by molar-refractivity contribution is 5.88. The second kappa shape index (κ2) is 9.76. The minimum atomic E-state index is -0.0297. The Morgan fingerprint density at radius 1 is 1.10 bits per heavy atom. The lowest BCUT2D eigenvalue weighted by Gasteiger charge is -2.40. The van der Waals surface area contributed by atoms with Gasteiger partial charge in [0.2, 0.25) is 5.91 Å². The normalized spacial score (nSPS) is 24.6. The number of ether oxygens (including phenoxy) is 1. The van der Waals surface area contributed by atoms with E-state index in [-0.39, 0.29) is 11.3 Å². The second-order valence-corrected chi connectivity index (χ2v) is 9.04. The third-order valence-electron chi connectivity index (χ3n) is 6.76. The smallest absolute Gasteiger partial charge is 0.221 e. The first-order valence-electron chi connectivity index (χ1n) is 11.4. The van der Waals surface area contributed by atoms with Crippen LogP contribution in [0.15, 0.2) is 54.6 Å². The summed E-state index contributed by atoms with van der Waals surface area (Å²) in [5.74, 6) is -0.0297. The monoisotopic (exact) mass is 406 g/mol.